The summed E-state index contributed by atoms with van der Waals surface area (Å²) in [6, 6.07) is 7.00. The number of amides is 1. The molecule has 1 N–H and O–H groups in total. The molecule has 1 fully saturated rings. The number of rotatable bonds is 8. The molecule has 0 unspecified atom stereocenters. The zero-order valence-electron chi connectivity index (χ0n) is 14.4. The first-order chi connectivity index (χ1) is 11.4. The zero-order chi connectivity index (χ0) is 17.7. The quantitative estimate of drug-likeness (QED) is 0.794. The van der Waals surface area contributed by atoms with Crippen LogP contribution in [0.2, 0.25) is 0 Å². The summed E-state index contributed by atoms with van der Waals surface area (Å²) in [5.74, 6) is -0.144. The van der Waals surface area contributed by atoms with E-state index in [-0.39, 0.29) is 24.1 Å². The van der Waals surface area contributed by atoms with Crippen molar-refractivity contribution in [3.63, 3.8) is 0 Å². The monoisotopic (exact) mass is 333 g/mol. The highest BCUT2D eigenvalue weighted by atomic mass is 19.1. The van der Waals surface area contributed by atoms with Gasteiger partial charge in [0, 0.05) is 6.54 Å². The molecule has 24 heavy (non-hydrogen) atoms. The number of benzene rings is 1. The third-order valence-electron chi connectivity index (χ3n) is 4.46. The number of hydrogen-bond acceptors (Lipinski definition) is 4. The molecule has 6 heteroatoms. The Morgan fingerprint density at radius 1 is 1.54 bits per heavy atom. The Labute approximate surface area is 142 Å². The van der Waals surface area contributed by atoms with Crippen LogP contribution in [0.4, 0.5) is 4.39 Å². The fourth-order valence-electron chi connectivity index (χ4n) is 2.76. The maximum absolute atomic E-state index is 13.8. The van der Waals surface area contributed by atoms with Crippen LogP contribution in [-0.2, 0) is 11.3 Å². The van der Waals surface area contributed by atoms with E-state index < -0.39 is 11.4 Å². The largest absolute Gasteiger partial charge is 0.494 e. The van der Waals surface area contributed by atoms with Crippen LogP contribution in [0.3, 0.4) is 0 Å². The average molecular weight is 333 g/mol. The van der Waals surface area contributed by atoms with Crippen molar-refractivity contribution in [3.8, 4) is 11.8 Å². The second-order valence-corrected chi connectivity index (χ2v) is 6.41. The van der Waals surface area contributed by atoms with E-state index in [1.807, 2.05) is 11.8 Å². The Morgan fingerprint density at radius 2 is 2.25 bits per heavy atom. The van der Waals surface area contributed by atoms with Gasteiger partial charge in [-0.15, -0.1) is 0 Å². The van der Waals surface area contributed by atoms with Crippen molar-refractivity contribution < 1.29 is 13.9 Å². The van der Waals surface area contributed by atoms with Gasteiger partial charge in [0.15, 0.2) is 11.6 Å². The van der Waals surface area contributed by atoms with Gasteiger partial charge >= 0.3 is 0 Å². The topological polar surface area (TPSA) is 65.4 Å². The summed E-state index contributed by atoms with van der Waals surface area (Å²) in [4.78, 5) is 14.2. The van der Waals surface area contributed by atoms with Gasteiger partial charge in [-0.2, -0.15) is 5.26 Å². The molecule has 0 heterocycles. The molecule has 1 aromatic rings. The van der Waals surface area contributed by atoms with Crippen molar-refractivity contribution in [2.45, 2.75) is 38.8 Å². The standard InChI is InChI=1S/C18H24FN3O2/c1-4-22(10-13-5-8-16(24-3)15(19)9-13)11-17(23)21-18(2,12-20)14-6-7-14/h5,8-9,14H,4,6-7,10-11H2,1-3H3,(H,21,23)/t18-/m1/s1. The molecule has 1 aliphatic carbocycles. The summed E-state index contributed by atoms with van der Waals surface area (Å²) < 4.78 is 18.7. The second-order valence-electron chi connectivity index (χ2n) is 6.41. The summed E-state index contributed by atoms with van der Waals surface area (Å²) in [5, 5.41) is 12.2. The number of hydrogen-bond donors (Lipinski definition) is 1. The van der Waals surface area contributed by atoms with Crippen molar-refractivity contribution in [1.29, 1.82) is 5.26 Å². The fraction of sp³-hybridized carbons (Fsp3) is 0.556. The van der Waals surface area contributed by atoms with Crippen LogP contribution in [-0.4, -0.2) is 36.5 Å². The molecule has 0 radical (unpaired) electrons. The highest BCUT2D eigenvalue weighted by Gasteiger charge is 2.43. The molecular weight excluding hydrogens is 309 g/mol. The van der Waals surface area contributed by atoms with Gasteiger partial charge in [0.1, 0.15) is 5.54 Å². The predicted molar refractivity (Wildman–Crippen MR) is 88.8 cm³/mol. The lowest BCUT2D eigenvalue weighted by molar-refractivity contribution is -0.123. The van der Waals surface area contributed by atoms with Crippen molar-refractivity contribution in [1.82, 2.24) is 10.2 Å². The van der Waals surface area contributed by atoms with Gasteiger partial charge in [-0.25, -0.2) is 4.39 Å². The molecule has 0 saturated heterocycles. The molecule has 1 aliphatic rings. The van der Waals surface area contributed by atoms with Gasteiger partial charge in [0.25, 0.3) is 0 Å². The number of methoxy groups -OCH3 is 1. The molecule has 1 atom stereocenters. The van der Waals surface area contributed by atoms with Gasteiger partial charge in [-0.05, 0) is 49.9 Å². The summed E-state index contributed by atoms with van der Waals surface area (Å²) in [6.45, 7) is 4.99. The van der Waals surface area contributed by atoms with E-state index >= 15 is 0 Å². The number of carbonyl (C=O) groups is 1. The summed E-state index contributed by atoms with van der Waals surface area (Å²) >= 11 is 0. The average Bonchev–Trinajstić information content (AvgIpc) is 3.39. The molecule has 0 aromatic heterocycles. The zero-order valence-corrected chi connectivity index (χ0v) is 14.4. The van der Waals surface area contributed by atoms with Gasteiger partial charge in [-0.1, -0.05) is 13.0 Å². The molecule has 0 spiro atoms. The van der Waals surface area contributed by atoms with E-state index in [0.717, 1.165) is 18.4 Å². The van der Waals surface area contributed by atoms with Gasteiger partial charge in [0.2, 0.25) is 5.91 Å². The normalized spacial score (nSPS) is 16.3. The van der Waals surface area contributed by atoms with Crippen molar-refractivity contribution in [3.05, 3.63) is 29.6 Å². The van der Waals surface area contributed by atoms with Gasteiger partial charge in [-0.3, -0.25) is 9.69 Å². The summed E-state index contributed by atoms with van der Waals surface area (Å²) in [5.41, 5.74) is -0.0175. The van der Waals surface area contributed by atoms with Crippen LogP contribution >= 0.6 is 0 Å². The fourth-order valence-corrected chi connectivity index (χ4v) is 2.76. The third kappa shape index (κ3) is 4.45. The SMILES string of the molecule is CCN(CC(=O)N[C@](C)(C#N)C1CC1)Cc1ccc(OC)c(F)c1. The van der Waals surface area contributed by atoms with Gasteiger partial charge < -0.3 is 10.1 Å². The molecule has 1 saturated carbocycles. The number of nitrogens with one attached hydrogen (secondary N) is 1. The van der Waals surface area contributed by atoms with E-state index in [1.165, 1.54) is 13.2 Å². The van der Waals surface area contributed by atoms with E-state index in [2.05, 4.69) is 11.4 Å². The maximum atomic E-state index is 13.8. The number of halogens is 1. The number of nitrogens with zero attached hydrogens (tertiary/aromatic N) is 2. The van der Waals surface area contributed by atoms with Crippen LogP contribution in [0, 0.1) is 23.1 Å². The second kappa shape index (κ2) is 7.63. The maximum Gasteiger partial charge on any atom is 0.235 e. The van der Waals surface area contributed by atoms with E-state index in [1.54, 1.807) is 19.1 Å². The smallest absolute Gasteiger partial charge is 0.235 e. The lowest BCUT2D eigenvalue weighted by Gasteiger charge is -2.26. The minimum absolute atomic E-state index is 0.175. The molecule has 0 bridgehead atoms. The Balaban J connectivity index is 1.95. The molecule has 1 aromatic carbocycles. The Kier molecular flexibility index (Phi) is 5.79. The van der Waals surface area contributed by atoms with Crippen molar-refractivity contribution >= 4 is 5.91 Å². The molecule has 130 valence electrons. The molecule has 5 nitrogen and oxygen atoms in total. The van der Waals surface area contributed by atoms with Crippen molar-refractivity contribution in [2.24, 2.45) is 5.92 Å². The van der Waals surface area contributed by atoms with Crippen LogP contribution < -0.4 is 10.1 Å². The lowest BCUT2D eigenvalue weighted by atomic mass is 9.98. The van der Waals surface area contributed by atoms with Gasteiger partial charge in [0.05, 0.1) is 19.7 Å². The molecule has 2 rings (SSSR count). The number of carbonyl (C=O) groups excluding carboxylic acids is 1. The molecule has 1 amide bonds. The van der Waals surface area contributed by atoms with E-state index in [9.17, 15) is 14.4 Å². The van der Waals surface area contributed by atoms with Crippen LogP contribution in [0.15, 0.2) is 18.2 Å². The first-order valence-corrected chi connectivity index (χ1v) is 8.19. The van der Waals surface area contributed by atoms with Crippen LogP contribution in [0.5, 0.6) is 5.75 Å². The first kappa shape index (κ1) is 18.2. The van der Waals surface area contributed by atoms with E-state index in [0.29, 0.717) is 13.1 Å². The minimum atomic E-state index is -0.789. The Morgan fingerprint density at radius 3 is 2.75 bits per heavy atom. The highest BCUT2D eigenvalue weighted by molar-refractivity contribution is 5.79. The minimum Gasteiger partial charge on any atom is -0.494 e. The third-order valence-corrected chi connectivity index (χ3v) is 4.46. The Bertz CT molecular complexity index is 640. The lowest BCUT2D eigenvalue weighted by Crippen LogP contribution is -2.50. The molecule has 0 aliphatic heterocycles. The number of likely N-dealkylation sites (N-methyl/N-ethyl adjacent to an activating group) is 1. The summed E-state index contributed by atoms with van der Waals surface area (Å²) in [7, 11) is 1.42. The predicted octanol–water partition coefficient (Wildman–Crippen LogP) is 2.46. The van der Waals surface area contributed by atoms with Crippen LogP contribution in [0.25, 0.3) is 0 Å². The van der Waals surface area contributed by atoms with E-state index in [4.69, 9.17) is 4.74 Å². The number of ether oxygens (including phenoxy) is 1. The van der Waals surface area contributed by atoms with Crippen LogP contribution in [0.1, 0.15) is 32.3 Å². The first-order valence-electron chi connectivity index (χ1n) is 8.19. The molecular formula is C18H24FN3O2. The number of nitriles is 1. The Hall–Kier alpha value is -2.13. The van der Waals surface area contributed by atoms with Crippen molar-refractivity contribution in [2.75, 3.05) is 20.2 Å². The highest BCUT2D eigenvalue weighted by Crippen LogP contribution is 2.39. The summed E-state index contributed by atoms with van der Waals surface area (Å²) in [6.07, 6.45) is 1.96.